The first-order valence-corrected chi connectivity index (χ1v) is 15.7. The van der Waals surface area contributed by atoms with Gasteiger partial charge in [0.25, 0.3) is 0 Å². The van der Waals surface area contributed by atoms with Gasteiger partial charge < -0.3 is 18.9 Å². The highest BCUT2D eigenvalue weighted by molar-refractivity contribution is 8.00. The van der Waals surface area contributed by atoms with Gasteiger partial charge in [0.15, 0.2) is 23.0 Å². The third-order valence-corrected chi connectivity index (χ3v) is 9.72. The molecule has 0 saturated carbocycles. The number of nitriles is 1. The highest BCUT2D eigenvalue weighted by atomic mass is 32.2. The lowest BCUT2D eigenvalue weighted by Crippen LogP contribution is -2.32. The van der Waals surface area contributed by atoms with Gasteiger partial charge in [0.2, 0.25) is 0 Å². The van der Waals surface area contributed by atoms with E-state index in [0.717, 1.165) is 65.6 Å². The Balaban J connectivity index is 1.44. The minimum atomic E-state index is -0.802. The summed E-state index contributed by atoms with van der Waals surface area (Å²) in [6.45, 7) is 4.79. The van der Waals surface area contributed by atoms with Crippen molar-refractivity contribution in [1.82, 2.24) is 4.90 Å². The van der Waals surface area contributed by atoms with E-state index in [9.17, 15) is 5.26 Å². The molecule has 6 nitrogen and oxygen atoms in total. The summed E-state index contributed by atoms with van der Waals surface area (Å²) in [5.74, 6) is 2.87. The van der Waals surface area contributed by atoms with Gasteiger partial charge in [-0.1, -0.05) is 59.8 Å². The zero-order valence-corrected chi connectivity index (χ0v) is 27.0. The standard InChI is InChI=1S/C37H40N2O4S/c1-26-11-14-30(15-12-26)44-37(25-38,32-10-7-6-9-31(32)28-13-16-33(40-2)34(22-28)41-3)18-8-19-39-20-17-27-21-35(42-4)36(43-5)23-29(27)24-39/h6-7,9-16,21-23H,8,17-20,24H2,1-5H3. The SMILES string of the molecule is COc1ccc(-c2ccccc2C(C#N)(CCCN2CCc3cc(OC)c(OC)cc3C2)Sc2ccc(C)cc2)cc1OC. The molecule has 1 atom stereocenters. The summed E-state index contributed by atoms with van der Waals surface area (Å²) in [5.41, 5.74) is 6.78. The number of aryl methyl sites for hydroxylation is 1. The fourth-order valence-electron chi connectivity index (χ4n) is 5.96. The second-order valence-electron chi connectivity index (χ2n) is 11.1. The van der Waals surface area contributed by atoms with Gasteiger partial charge in [-0.05, 0) is 96.9 Å². The van der Waals surface area contributed by atoms with Crippen molar-refractivity contribution in [2.45, 2.75) is 42.4 Å². The van der Waals surface area contributed by atoms with E-state index in [-0.39, 0.29) is 0 Å². The van der Waals surface area contributed by atoms with E-state index in [0.29, 0.717) is 17.9 Å². The smallest absolute Gasteiger partial charge is 0.161 e. The van der Waals surface area contributed by atoms with Crippen molar-refractivity contribution >= 4 is 11.8 Å². The van der Waals surface area contributed by atoms with E-state index >= 15 is 0 Å². The fraction of sp³-hybridized carbons (Fsp3) is 0.324. The van der Waals surface area contributed by atoms with Gasteiger partial charge in [0, 0.05) is 18.0 Å². The molecule has 1 heterocycles. The molecule has 0 saturated heterocycles. The molecule has 1 aliphatic heterocycles. The summed E-state index contributed by atoms with van der Waals surface area (Å²) < 4.78 is 21.4. The Hall–Kier alpha value is -4.12. The van der Waals surface area contributed by atoms with Gasteiger partial charge >= 0.3 is 0 Å². The predicted octanol–water partition coefficient (Wildman–Crippen LogP) is 8.05. The molecule has 0 amide bonds. The number of rotatable bonds is 12. The number of nitrogens with zero attached hydrogens (tertiary/aromatic N) is 2. The first kappa shape index (κ1) is 31.3. The molecular formula is C37H40N2O4S. The second-order valence-corrected chi connectivity index (χ2v) is 12.4. The Morgan fingerprint density at radius 2 is 1.45 bits per heavy atom. The van der Waals surface area contributed by atoms with Crippen molar-refractivity contribution in [2.24, 2.45) is 0 Å². The summed E-state index contributed by atoms with van der Waals surface area (Å²) >= 11 is 1.64. The van der Waals surface area contributed by atoms with Gasteiger partial charge in [-0.15, -0.1) is 0 Å². The first-order chi connectivity index (χ1) is 21.4. The molecule has 4 aromatic rings. The summed E-state index contributed by atoms with van der Waals surface area (Å²) in [7, 11) is 6.64. The molecule has 0 N–H and O–H groups in total. The van der Waals surface area contributed by atoms with Crippen molar-refractivity contribution in [3.63, 3.8) is 0 Å². The van der Waals surface area contributed by atoms with Gasteiger partial charge in [0.1, 0.15) is 4.75 Å². The average molecular weight is 609 g/mol. The number of benzene rings is 4. The highest BCUT2D eigenvalue weighted by Gasteiger charge is 2.36. The van der Waals surface area contributed by atoms with Crippen molar-refractivity contribution in [2.75, 3.05) is 41.5 Å². The zero-order chi connectivity index (χ0) is 31.1. The van der Waals surface area contributed by atoms with E-state index in [4.69, 9.17) is 18.9 Å². The quantitative estimate of drug-likeness (QED) is 0.151. The van der Waals surface area contributed by atoms with Crippen LogP contribution in [0.1, 0.15) is 35.1 Å². The van der Waals surface area contributed by atoms with Crippen LogP contribution in [0.5, 0.6) is 23.0 Å². The van der Waals surface area contributed by atoms with Crippen molar-refractivity contribution in [1.29, 1.82) is 5.26 Å². The molecule has 1 unspecified atom stereocenters. The summed E-state index contributed by atoms with van der Waals surface area (Å²) in [6, 6.07) is 29.7. The molecule has 0 aliphatic carbocycles. The monoisotopic (exact) mass is 608 g/mol. The predicted molar refractivity (Wildman–Crippen MR) is 177 cm³/mol. The summed E-state index contributed by atoms with van der Waals surface area (Å²) in [6.07, 6.45) is 2.52. The van der Waals surface area contributed by atoms with Crippen LogP contribution in [0.4, 0.5) is 0 Å². The topological polar surface area (TPSA) is 64.0 Å². The van der Waals surface area contributed by atoms with E-state index in [2.05, 4.69) is 66.4 Å². The summed E-state index contributed by atoms with van der Waals surface area (Å²) in [5, 5.41) is 11.0. The van der Waals surface area contributed by atoms with Gasteiger partial charge in [0.05, 0.1) is 34.5 Å². The van der Waals surface area contributed by atoms with E-state index in [1.165, 1.54) is 16.7 Å². The lowest BCUT2D eigenvalue weighted by Gasteiger charge is -2.32. The lowest BCUT2D eigenvalue weighted by atomic mass is 9.87. The summed E-state index contributed by atoms with van der Waals surface area (Å²) in [4.78, 5) is 3.56. The third kappa shape index (κ3) is 6.67. The van der Waals surface area contributed by atoms with Crippen molar-refractivity contribution < 1.29 is 18.9 Å². The Morgan fingerprint density at radius 1 is 0.795 bits per heavy atom. The van der Waals surface area contributed by atoms with Crippen molar-refractivity contribution in [3.8, 4) is 40.2 Å². The number of ether oxygens (including phenoxy) is 4. The van der Waals surface area contributed by atoms with Crippen LogP contribution in [-0.2, 0) is 17.7 Å². The Morgan fingerprint density at radius 3 is 2.14 bits per heavy atom. The van der Waals surface area contributed by atoms with Gasteiger partial charge in [-0.3, -0.25) is 4.90 Å². The largest absolute Gasteiger partial charge is 0.493 e. The van der Waals surface area contributed by atoms with Crippen LogP contribution in [0.25, 0.3) is 11.1 Å². The first-order valence-electron chi connectivity index (χ1n) is 14.9. The van der Waals surface area contributed by atoms with Crippen LogP contribution in [0.15, 0.2) is 83.8 Å². The minimum Gasteiger partial charge on any atom is -0.493 e. The third-order valence-electron chi connectivity index (χ3n) is 8.35. The molecule has 44 heavy (non-hydrogen) atoms. The Kier molecular flexibility index (Phi) is 10.0. The molecule has 0 fully saturated rings. The van der Waals surface area contributed by atoms with E-state index in [1.54, 1.807) is 40.2 Å². The highest BCUT2D eigenvalue weighted by Crippen LogP contribution is 2.48. The Labute approximate surface area is 265 Å². The molecular weight excluding hydrogens is 568 g/mol. The number of hydrogen-bond donors (Lipinski definition) is 0. The van der Waals surface area contributed by atoms with E-state index < -0.39 is 4.75 Å². The van der Waals surface area contributed by atoms with Crippen LogP contribution < -0.4 is 18.9 Å². The van der Waals surface area contributed by atoms with Gasteiger partial charge in [-0.2, -0.15) is 5.26 Å². The van der Waals surface area contributed by atoms with Crippen molar-refractivity contribution in [3.05, 3.63) is 101 Å². The van der Waals surface area contributed by atoms with Crippen LogP contribution in [0.2, 0.25) is 0 Å². The molecule has 0 radical (unpaired) electrons. The lowest BCUT2D eigenvalue weighted by molar-refractivity contribution is 0.245. The van der Waals surface area contributed by atoms with Crippen LogP contribution in [0.3, 0.4) is 0 Å². The molecule has 7 heteroatoms. The molecule has 228 valence electrons. The maximum Gasteiger partial charge on any atom is 0.161 e. The van der Waals surface area contributed by atoms with Gasteiger partial charge in [-0.25, -0.2) is 0 Å². The van der Waals surface area contributed by atoms with Crippen LogP contribution in [-0.4, -0.2) is 46.4 Å². The van der Waals surface area contributed by atoms with Crippen LogP contribution in [0, 0.1) is 18.3 Å². The zero-order valence-electron chi connectivity index (χ0n) is 26.2. The maximum atomic E-state index is 11.0. The fourth-order valence-corrected chi connectivity index (χ4v) is 7.22. The molecule has 5 rings (SSSR count). The normalized spacial score (nSPS) is 14.2. The van der Waals surface area contributed by atoms with E-state index in [1.807, 2.05) is 30.3 Å². The molecule has 0 spiro atoms. The number of fused-ring (bicyclic) bond motifs is 1. The molecule has 0 bridgehead atoms. The molecule has 4 aromatic carbocycles. The minimum absolute atomic E-state index is 0.660. The molecule has 1 aliphatic rings. The Bertz CT molecular complexity index is 1630. The number of methoxy groups -OCH3 is 4. The van der Waals surface area contributed by atoms with Crippen LogP contribution >= 0.6 is 11.8 Å². The average Bonchev–Trinajstić information content (AvgIpc) is 3.07. The maximum absolute atomic E-state index is 11.0. The number of hydrogen-bond acceptors (Lipinski definition) is 7. The second kappa shape index (κ2) is 14.1. The molecule has 0 aromatic heterocycles. The number of thioether (sulfide) groups is 1.